The Morgan fingerprint density at radius 1 is 1.23 bits per heavy atom. The zero-order valence-electron chi connectivity index (χ0n) is 13.7. The number of amides is 1. The molecule has 1 amide bonds. The van der Waals surface area contributed by atoms with Crippen molar-refractivity contribution in [3.63, 3.8) is 0 Å². The first-order valence-corrected chi connectivity index (χ1v) is 7.90. The largest absolute Gasteiger partial charge is 0.406 e. The maximum absolute atomic E-state index is 13.1. The fourth-order valence-electron chi connectivity index (χ4n) is 3.21. The number of benzene rings is 1. The van der Waals surface area contributed by atoms with Crippen LogP contribution in [0.15, 0.2) is 58.5 Å². The molecule has 3 heterocycles. The average molecular weight is 358 g/mol. The molecule has 4 rings (SSSR count). The van der Waals surface area contributed by atoms with Gasteiger partial charge in [-0.25, -0.2) is 0 Å². The molecular weight excluding hydrogens is 345 g/mol. The molecule has 0 aliphatic carbocycles. The third-order valence-electron chi connectivity index (χ3n) is 4.42. The zero-order valence-corrected chi connectivity index (χ0v) is 13.7. The zero-order chi connectivity index (χ0) is 18.5. The Labute approximate surface area is 146 Å². The fourth-order valence-corrected chi connectivity index (χ4v) is 3.21. The van der Waals surface area contributed by atoms with Gasteiger partial charge < -0.3 is 0 Å². The smallest absolute Gasteiger partial charge is 0.299 e. The molecule has 1 unspecified atom stereocenters. The summed E-state index contributed by atoms with van der Waals surface area (Å²) in [5, 5.41) is 7.67. The number of aromatic nitrogens is 1. The second-order valence-electron chi connectivity index (χ2n) is 6.17. The van der Waals surface area contributed by atoms with Crippen molar-refractivity contribution in [2.75, 3.05) is 11.4 Å². The molecule has 0 fully saturated rings. The first-order valence-electron chi connectivity index (χ1n) is 7.90. The lowest BCUT2D eigenvalue weighted by atomic mass is 9.93. The molecule has 0 saturated carbocycles. The van der Waals surface area contributed by atoms with Gasteiger partial charge in [-0.1, -0.05) is 24.3 Å². The van der Waals surface area contributed by atoms with Crippen LogP contribution >= 0.6 is 0 Å². The number of rotatable bonds is 2. The predicted molar refractivity (Wildman–Crippen MR) is 88.5 cm³/mol. The summed E-state index contributed by atoms with van der Waals surface area (Å²) >= 11 is 0. The monoisotopic (exact) mass is 358 g/mol. The molecule has 8 heteroatoms. The molecule has 132 valence electrons. The molecule has 26 heavy (non-hydrogen) atoms. The van der Waals surface area contributed by atoms with E-state index < -0.39 is 24.7 Å². The van der Waals surface area contributed by atoms with E-state index in [1.54, 1.807) is 0 Å². The highest BCUT2D eigenvalue weighted by Gasteiger charge is 2.43. The lowest BCUT2D eigenvalue weighted by Crippen LogP contribution is -2.43. The topological polar surface area (TPSA) is 57.9 Å². The number of pyridine rings is 1. The SMILES string of the molecule is Cc1ccccc1-c1cc2c(cn1)C1N=NC=C1C(=O)N2CC(F)(F)F. The van der Waals surface area contributed by atoms with Crippen LogP contribution in [0, 0.1) is 6.92 Å². The highest BCUT2D eigenvalue weighted by Crippen LogP contribution is 2.44. The number of aryl methyl sites for hydroxylation is 1. The van der Waals surface area contributed by atoms with Gasteiger partial charge in [0, 0.05) is 17.3 Å². The first-order chi connectivity index (χ1) is 12.3. The van der Waals surface area contributed by atoms with Crippen LogP contribution in [0.5, 0.6) is 0 Å². The van der Waals surface area contributed by atoms with E-state index in [2.05, 4.69) is 15.2 Å². The van der Waals surface area contributed by atoms with Gasteiger partial charge in [0.15, 0.2) is 0 Å². The van der Waals surface area contributed by atoms with Gasteiger partial charge >= 0.3 is 6.18 Å². The van der Waals surface area contributed by atoms with Gasteiger partial charge in [-0.2, -0.15) is 23.4 Å². The number of carbonyl (C=O) groups excluding carboxylic acids is 1. The quantitative estimate of drug-likeness (QED) is 0.801. The Morgan fingerprint density at radius 3 is 2.73 bits per heavy atom. The lowest BCUT2D eigenvalue weighted by molar-refractivity contribution is -0.130. The number of alkyl halides is 3. The van der Waals surface area contributed by atoms with Crippen molar-refractivity contribution in [3.8, 4) is 11.3 Å². The molecule has 2 aliphatic rings. The van der Waals surface area contributed by atoms with Gasteiger partial charge in [0.05, 0.1) is 23.2 Å². The van der Waals surface area contributed by atoms with Crippen LogP contribution in [-0.4, -0.2) is 23.6 Å². The summed E-state index contributed by atoms with van der Waals surface area (Å²) in [6.07, 6.45) is -1.83. The highest BCUT2D eigenvalue weighted by atomic mass is 19.4. The number of azo groups is 1. The summed E-state index contributed by atoms with van der Waals surface area (Å²) in [6, 6.07) is 8.25. The minimum absolute atomic E-state index is 0.132. The number of hydrogen-bond donors (Lipinski definition) is 0. The Hall–Kier alpha value is -3.03. The number of nitrogens with zero attached hydrogens (tertiary/aromatic N) is 4. The fraction of sp³-hybridized carbons (Fsp3) is 0.222. The summed E-state index contributed by atoms with van der Waals surface area (Å²) in [5.74, 6) is -0.730. The number of halogens is 3. The van der Waals surface area contributed by atoms with Gasteiger partial charge in [0.2, 0.25) is 0 Å². The van der Waals surface area contributed by atoms with Crippen molar-refractivity contribution in [1.82, 2.24) is 4.98 Å². The molecule has 0 radical (unpaired) electrons. The van der Waals surface area contributed by atoms with E-state index in [-0.39, 0.29) is 11.3 Å². The molecule has 0 N–H and O–H groups in total. The Kier molecular flexibility index (Phi) is 3.64. The summed E-state index contributed by atoms with van der Waals surface area (Å²) in [5.41, 5.74) is 2.98. The van der Waals surface area contributed by atoms with Gasteiger partial charge in [-0.05, 0) is 18.6 Å². The van der Waals surface area contributed by atoms with E-state index >= 15 is 0 Å². The van der Waals surface area contributed by atoms with Crippen LogP contribution < -0.4 is 4.90 Å². The van der Waals surface area contributed by atoms with Gasteiger partial charge in [-0.3, -0.25) is 14.7 Å². The van der Waals surface area contributed by atoms with E-state index in [9.17, 15) is 18.0 Å². The third-order valence-corrected chi connectivity index (χ3v) is 4.42. The van der Waals surface area contributed by atoms with Crippen LogP contribution in [0.1, 0.15) is 17.2 Å². The van der Waals surface area contributed by atoms with Crippen molar-refractivity contribution in [2.24, 2.45) is 10.2 Å². The number of carbonyl (C=O) groups is 1. The normalized spacial score (nSPS) is 18.6. The van der Waals surface area contributed by atoms with Crippen molar-refractivity contribution >= 4 is 11.6 Å². The van der Waals surface area contributed by atoms with Crippen LogP contribution in [0.2, 0.25) is 0 Å². The highest BCUT2D eigenvalue weighted by molar-refractivity contribution is 6.10. The first kappa shape index (κ1) is 16.4. The standard InChI is InChI=1S/C18H13F3N4O/c1-10-4-2-3-5-11(10)14-6-15-12(7-22-14)16-13(8-23-24-16)17(26)25(15)9-18(19,20)21/h2-8,16H,9H2,1H3. The van der Waals surface area contributed by atoms with Crippen LogP contribution in [0.4, 0.5) is 18.9 Å². The maximum Gasteiger partial charge on any atom is 0.406 e. The second kappa shape index (κ2) is 5.76. The number of hydrogen-bond acceptors (Lipinski definition) is 4. The average Bonchev–Trinajstić information content (AvgIpc) is 3.08. The molecule has 5 nitrogen and oxygen atoms in total. The summed E-state index contributed by atoms with van der Waals surface area (Å²) in [7, 11) is 0. The summed E-state index contributed by atoms with van der Waals surface area (Å²) in [4.78, 5) is 17.7. The van der Waals surface area contributed by atoms with E-state index in [1.165, 1.54) is 18.5 Å². The minimum Gasteiger partial charge on any atom is -0.299 e. The molecule has 0 spiro atoms. The van der Waals surface area contributed by atoms with Gasteiger partial charge in [0.1, 0.15) is 12.6 Å². The van der Waals surface area contributed by atoms with Crippen molar-refractivity contribution < 1.29 is 18.0 Å². The van der Waals surface area contributed by atoms with Crippen LogP contribution in [0.25, 0.3) is 11.3 Å². The Morgan fingerprint density at radius 2 is 2.00 bits per heavy atom. The maximum atomic E-state index is 13.1. The lowest BCUT2D eigenvalue weighted by Gasteiger charge is -2.32. The Bertz CT molecular complexity index is 965. The van der Waals surface area contributed by atoms with Crippen molar-refractivity contribution in [3.05, 3.63) is 59.4 Å². The van der Waals surface area contributed by atoms with Gasteiger partial charge in [-0.15, -0.1) is 0 Å². The number of fused-ring (bicyclic) bond motifs is 3. The second-order valence-corrected chi connectivity index (χ2v) is 6.17. The van der Waals surface area contributed by atoms with E-state index in [1.807, 2.05) is 31.2 Å². The molecule has 0 saturated heterocycles. The Balaban J connectivity index is 1.88. The molecule has 1 atom stereocenters. The van der Waals surface area contributed by atoms with E-state index in [0.717, 1.165) is 16.0 Å². The number of anilines is 1. The molecule has 2 aromatic rings. The summed E-state index contributed by atoms with van der Waals surface area (Å²) in [6.45, 7) is 0.515. The molecule has 1 aromatic carbocycles. The van der Waals surface area contributed by atoms with Crippen LogP contribution in [-0.2, 0) is 4.79 Å². The van der Waals surface area contributed by atoms with E-state index in [4.69, 9.17) is 0 Å². The molecule has 0 bridgehead atoms. The van der Waals surface area contributed by atoms with Gasteiger partial charge in [0.25, 0.3) is 5.91 Å². The summed E-state index contributed by atoms with van der Waals surface area (Å²) < 4.78 is 39.2. The van der Waals surface area contributed by atoms with Crippen molar-refractivity contribution in [2.45, 2.75) is 19.1 Å². The van der Waals surface area contributed by atoms with Crippen molar-refractivity contribution in [1.29, 1.82) is 0 Å². The van der Waals surface area contributed by atoms with E-state index in [0.29, 0.717) is 11.3 Å². The molecule has 2 aliphatic heterocycles. The minimum atomic E-state index is -4.53. The molecule has 1 aromatic heterocycles. The predicted octanol–water partition coefficient (Wildman–Crippen LogP) is 4.36. The third kappa shape index (κ3) is 2.67. The van der Waals surface area contributed by atoms with Crippen LogP contribution in [0.3, 0.4) is 0 Å². The molecular formula is C18H13F3N4O.